The molecule has 0 radical (unpaired) electrons. The standard InChI is InChI=1S/C13H13N3O3/c1-16-8-14-7-11(16)12(17)15-10-5-3-9(4-6-10)13(18)19-2/h3-8H,1-2H3,(H,15,17). The van der Waals surface area contributed by atoms with Crippen LogP contribution in [0.15, 0.2) is 36.8 Å². The summed E-state index contributed by atoms with van der Waals surface area (Å²) in [7, 11) is 3.06. The van der Waals surface area contributed by atoms with Gasteiger partial charge < -0.3 is 14.6 Å². The Labute approximate surface area is 110 Å². The maximum Gasteiger partial charge on any atom is 0.337 e. The van der Waals surface area contributed by atoms with Crippen molar-refractivity contribution in [3.05, 3.63) is 48.0 Å². The summed E-state index contributed by atoms with van der Waals surface area (Å²) in [6.07, 6.45) is 3.04. The third-order valence-corrected chi connectivity index (χ3v) is 2.61. The number of anilines is 1. The number of aromatic nitrogens is 2. The van der Waals surface area contributed by atoms with Crippen molar-refractivity contribution in [1.82, 2.24) is 9.55 Å². The number of rotatable bonds is 3. The number of esters is 1. The van der Waals surface area contributed by atoms with Crippen molar-refractivity contribution >= 4 is 17.6 Å². The highest BCUT2D eigenvalue weighted by Crippen LogP contribution is 2.11. The summed E-state index contributed by atoms with van der Waals surface area (Å²) in [5.74, 6) is -0.671. The minimum atomic E-state index is -0.412. The highest BCUT2D eigenvalue weighted by molar-refractivity contribution is 6.03. The summed E-state index contributed by atoms with van der Waals surface area (Å²) in [4.78, 5) is 27.0. The molecule has 0 saturated heterocycles. The summed E-state index contributed by atoms with van der Waals surface area (Å²) in [6, 6.07) is 6.45. The minimum absolute atomic E-state index is 0.259. The Balaban J connectivity index is 2.10. The topological polar surface area (TPSA) is 73.2 Å². The number of amides is 1. The molecule has 0 saturated carbocycles. The zero-order valence-corrected chi connectivity index (χ0v) is 10.6. The summed E-state index contributed by atoms with van der Waals surface area (Å²) >= 11 is 0. The Morgan fingerprint density at radius 3 is 2.47 bits per heavy atom. The summed E-state index contributed by atoms with van der Waals surface area (Å²) in [6.45, 7) is 0. The van der Waals surface area contributed by atoms with E-state index in [4.69, 9.17) is 0 Å². The monoisotopic (exact) mass is 259 g/mol. The fraction of sp³-hybridized carbons (Fsp3) is 0.154. The molecule has 2 rings (SSSR count). The van der Waals surface area contributed by atoms with Crippen LogP contribution in [0.2, 0.25) is 0 Å². The van der Waals surface area contributed by atoms with Crippen LogP contribution in [0.5, 0.6) is 0 Å². The predicted octanol–water partition coefficient (Wildman–Crippen LogP) is 1.46. The number of nitrogens with zero attached hydrogens (tertiary/aromatic N) is 2. The van der Waals surface area contributed by atoms with Gasteiger partial charge in [0.2, 0.25) is 0 Å². The smallest absolute Gasteiger partial charge is 0.337 e. The SMILES string of the molecule is COC(=O)c1ccc(NC(=O)c2cncn2C)cc1. The minimum Gasteiger partial charge on any atom is -0.465 e. The van der Waals surface area contributed by atoms with Crippen LogP contribution < -0.4 is 5.32 Å². The van der Waals surface area contributed by atoms with E-state index >= 15 is 0 Å². The van der Waals surface area contributed by atoms with Crippen molar-refractivity contribution in [2.45, 2.75) is 0 Å². The molecule has 2 aromatic rings. The van der Waals surface area contributed by atoms with E-state index in [1.165, 1.54) is 13.3 Å². The highest BCUT2D eigenvalue weighted by atomic mass is 16.5. The lowest BCUT2D eigenvalue weighted by molar-refractivity contribution is 0.0600. The molecule has 0 fully saturated rings. The Bertz CT molecular complexity index is 602. The van der Waals surface area contributed by atoms with Crippen LogP contribution in [-0.4, -0.2) is 28.5 Å². The molecule has 0 bridgehead atoms. The Morgan fingerprint density at radius 1 is 1.26 bits per heavy atom. The molecule has 0 aliphatic heterocycles. The normalized spacial score (nSPS) is 10.0. The number of nitrogens with one attached hydrogen (secondary N) is 1. The molecular weight excluding hydrogens is 246 g/mol. The van der Waals surface area contributed by atoms with E-state index in [0.717, 1.165) is 0 Å². The Morgan fingerprint density at radius 2 is 1.95 bits per heavy atom. The van der Waals surface area contributed by atoms with Crippen LogP contribution in [0, 0.1) is 0 Å². The molecule has 0 unspecified atom stereocenters. The van der Waals surface area contributed by atoms with Crippen molar-refractivity contribution in [3.63, 3.8) is 0 Å². The van der Waals surface area contributed by atoms with Crippen molar-refractivity contribution in [1.29, 1.82) is 0 Å². The number of benzene rings is 1. The van der Waals surface area contributed by atoms with Crippen molar-refractivity contribution in [3.8, 4) is 0 Å². The molecule has 0 aliphatic rings. The van der Waals surface area contributed by atoms with Gasteiger partial charge in [0.25, 0.3) is 5.91 Å². The summed E-state index contributed by atoms with van der Waals surface area (Å²) in [5.41, 5.74) is 1.48. The van der Waals surface area contributed by atoms with Crippen molar-refractivity contribution in [2.24, 2.45) is 7.05 Å². The quantitative estimate of drug-likeness (QED) is 0.847. The second kappa shape index (κ2) is 5.34. The largest absolute Gasteiger partial charge is 0.465 e. The van der Waals surface area contributed by atoms with Gasteiger partial charge in [0.05, 0.1) is 25.2 Å². The second-order valence-electron chi connectivity index (χ2n) is 3.91. The lowest BCUT2D eigenvalue weighted by atomic mass is 10.2. The Hall–Kier alpha value is -2.63. The van der Waals surface area contributed by atoms with Gasteiger partial charge >= 0.3 is 5.97 Å². The van der Waals surface area contributed by atoms with E-state index in [1.807, 2.05) is 0 Å². The fourth-order valence-electron chi connectivity index (χ4n) is 1.58. The van der Waals surface area contributed by atoms with Crippen LogP contribution in [0.1, 0.15) is 20.8 Å². The van der Waals surface area contributed by atoms with Crippen molar-refractivity contribution < 1.29 is 14.3 Å². The molecule has 98 valence electrons. The average molecular weight is 259 g/mol. The maximum atomic E-state index is 11.9. The molecule has 0 spiro atoms. The maximum absolute atomic E-state index is 11.9. The molecule has 1 aromatic carbocycles. The number of hydrogen-bond donors (Lipinski definition) is 1. The zero-order chi connectivity index (χ0) is 13.8. The summed E-state index contributed by atoms with van der Waals surface area (Å²) < 4.78 is 6.22. The first-order valence-electron chi connectivity index (χ1n) is 5.58. The number of hydrogen-bond acceptors (Lipinski definition) is 4. The van der Waals surface area contributed by atoms with Gasteiger partial charge in [-0.2, -0.15) is 0 Å². The third kappa shape index (κ3) is 2.79. The molecule has 1 amide bonds. The van der Waals surface area contributed by atoms with Gasteiger partial charge in [-0.15, -0.1) is 0 Å². The number of carbonyl (C=O) groups excluding carboxylic acids is 2. The van der Waals surface area contributed by atoms with Gasteiger partial charge in [-0.3, -0.25) is 4.79 Å². The summed E-state index contributed by atoms with van der Waals surface area (Å²) in [5, 5.41) is 2.72. The molecule has 1 heterocycles. The average Bonchev–Trinajstić information content (AvgIpc) is 2.85. The molecule has 0 aliphatic carbocycles. The number of imidazole rings is 1. The molecule has 19 heavy (non-hydrogen) atoms. The van der Waals surface area contributed by atoms with E-state index in [0.29, 0.717) is 16.9 Å². The molecule has 6 nitrogen and oxygen atoms in total. The van der Waals surface area contributed by atoms with Crippen LogP contribution in [0.25, 0.3) is 0 Å². The van der Waals surface area contributed by atoms with Gasteiger partial charge in [0, 0.05) is 12.7 Å². The molecular formula is C13H13N3O3. The van der Waals surface area contributed by atoms with Crippen molar-refractivity contribution in [2.75, 3.05) is 12.4 Å². The first-order chi connectivity index (χ1) is 9.11. The molecule has 0 atom stereocenters. The van der Waals surface area contributed by atoms with Gasteiger partial charge in [0.1, 0.15) is 5.69 Å². The third-order valence-electron chi connectivity index (χ3n) is 2.61. The van der Waals surface area contributed by atoms with Crippen LogP contribution in [0.3, 0.4) is 0 Å². The molecule has 1 aromatic heterocycles. The van der Waals surface area contributed by atoms with Gasteiger partial charge in [-0.25, -0.2) is 9.78 Å². The Kier molecular flexibility index (Phi) is 3.61. The van der Waals surface area contributed by atoms with E-state index in [-0.39, 0.29) is 5.91 Å². The second-order valence-corrected chi connectivity index (χ2v) is 3.91. The molecule has 6 heteroatoms. The number of methoxy groups -OCH3 is 1. The zero-order valence-electron chi connectivity index (χ0n) is 10.6. The van der Waals surface area contributed by atoms with Crippen LogP contribution >= 0.6 is 0 Å². The number of ether oxygens (including phenoxy) is 1. The van der Waals surface area contributed by atoms with Gasteiger partial charge in [-0.1, -0.05) is 0 Å². The highest BCUT2D eigenvalue weighted by Gasteiger charge is 2.10. The number of carbonyl (C=O) groups is 2. The van der Waals surface area contributed by atoms with Gasteiger partial charge in [-0.05, 0) is 24.3 Å². The van der Waals surface area contributed by atoms with E-state index in [2.05, 4.69) is 15.0 Å². The van der Waals surface area contributed by atoms with E-state index in [9.17, 15) is 9.59 Å². The van der Waals surface area contributed by atoms with Crippen LogP contribution in [0.4, 0.5) is 5.69 Å². The predicted molar refractivity (Wildman–Crippen MR) is 68.9 cm³/mol. The van der Waals surface area contributed by atoms with E-state index in [1.54, 1.807) is 42.2 Å². The first kappa shape index (κ1) is 12.8. The lowest BCUT2D eigenvalue weighted by Gasteiger charge is -2.06. The first-order valence-corrected chi connectivity index (χ1v) is 5.58. The number of aryl methyl sites for hydroxylation is 1. The fourth-order valence-corrected chi connectivity index (χ4v) is 1.58. The van der Waals surface area contributed by atoms with Crippen LogP contribution in [-0.2, 0) is 11.8 Å². The van der Waals surface area contributed by atoms with Gasteiger partial charge in [0.15, 0.2) is 0 Å². The van der Waals surface area contributed by atoms with E-state index < -0.39 is 5.97 Å². The lowest BCUT2D eigenvalue weighted by Crippen LogP contribution is -2.15. The molecule has 1 N–H and O–H groups in total.